The first-order valence-corrected chi connectivity index (χ1v) is 8.99. The minimum absolute atomic E-state index is 0.00521. The van der Waals surface area contributed by atoms with E-state index in [1.54, 1.807) is 30.3 Å². The molecule has 0 atom stereocenters. The van der Waals surface area contributed by atoms with Gasteiger partial charge in [0.05, 0.1) is 23.1 Å². The summed E-state index contributed by atoms with van der Waals surface area (Å²) in [6, 6.07) is 10.8. The Hall–Kier alpha value is -3.25. The number of anilines is 3. The van der Waals surface area contributed by atoms with Crippen LogP contribution in [0.25, 0.3) is 0 Å². The zero-order valence-corrected chi connectivity index (χ0v) is 16.5. The molecule has 142 valence electrons. The number of benzene rings is 2. The maximum absolute atomic E-state index is 12.4. The van der Waals surface area contributed by atoms with E-state index in [-0.39, 0.29) is 11.5 Å². The zero-order chi connectivity index (χ0) is 20.3. The highest BCUT2D eigenvalue weighted by atomic mass is 35.5. The molecule has 0 saturated heterocycles. The summed E-state index contributed by atoms with van der Waals surface area (Å²) in [7, 11) is 0. The van der Waals surface area contributed by atoms with E-state index < -0.39 is 5.91 Å². The molecule has 1 heterocycles. The fraction of sp³-hybridized carbons (Fsp3) is 0.143. The lowest BCUT2D eigenvalue weighted by Gasteiger charge is -2.11. The normalized spacial score (nSPS) is 10.4. The average Bonchev–Trinajstić information content (AvgIpc) is 2.65. The maximum Gasteiger partial charge on any atom is 0.275 e. The molecular formula is C21H19ClN4O2. The van der Waals surface area contributed by atoms with Crippen LogP contribution in [0.5, 0.6) is 0 Å². The largest absolute Gasteiger partial charge is 0.339 e. The Morgan fingerprint density at radius 2 is 1.71 bits per heavy atom. The van der Waals surface area contributed by atoms with E-state index in [0.717, 1.165) is 16.8 Å². The van der Waals surface area contributed by atoms with E-state index in [2.05, 4.69) is 20.6 Å². The van der Waals surface area contributed by atoms with Crippen molar-refractivity contribution in [3.63, 3.8) is 0 Å². The summed E-state index contributed by atoms with van der Waals surface area (Å²) in [6.07, 6.45) is 2.86. The maximum atomic E-state index is 12.4. The molecule has 0 aliphatic heterocycles. The highest BCUT2D eigenvalue weighted by Crippen LogP contribution is 2.27. The second-order valence-corrected chi connectivity index (χ2v) is 6.85. The van der Waals surface area contributed by atoms with Gasteiger partial charge in [-0.2, -0.15) is 0 Å². The first kappa shape index (κ1) is 19.5. The first-order chi connectivity index (χ1) is 13.3. The number of carbonyl (C=O) groups excluding carboxylic acids is 2. The van der Waals surface area contributed by atoms with Crippen molar-refractivity contribution in [3.05, 3.63) is 76.2 Å². The van der Waals surface area contributed by atoms with Crippen LogP contribution < -0.4 is 10.6 Å². The number of aromatic nitrogens is 2. The van der Waals surface area contributed by atoms with Crippen LogP contribution in [0.15, 0.2) is 48.8 Å². The average molecular weight is 395 g/mol. The number of hydrogen-bond acceptors (Lipinski definition) is 5. The van der Waals surface area contributed by atoms with E-state index in [1.165, 1.54) is 19.3 Å². The molecule has 2 aromatic carbocycles. The number of rotatable bonds is 5. The van der Waals surface area contributed by atoms with E-state index >= 15 is 0 Å². The summed E-state index contributed by atoms with van der Waals surface area (Å²) in [5.41, 5.74) is 4.03. The summed E-state index contributed by atoms with van der Waals surface area (Å²) in [5, 5.41) is 6.33. The number of carbonyl (C=O) groups is 2. The molecule has 0 bridgehead atoms. The van der Waals surface area contributed by atoms with Gasteiger partial charge in [0.15, 0.2) is 5.78 Å². The summed E-state index contributed by atoms with van der Waals surface area (Å²) in [4.78, 5) is 32.1. The lowest BCUT2D eigenvalue weighted by Crippen LogP contribution is -2.15. The molecular weight excluding hydrogens is 376 g/mol. The van der Waals surface area contributed by atoms with Crippen molar-refractivity contribution >= 4 is 40.5 Å². The number of amides is 1. The molecule has 2 N–H and O–H groups in total. The Morgan fingerprint density at radius 1 is 1.00 bits per heavy atom. The third kappa shape index (κ3) is 4.53. The number of nitrogens with zero attached hydrogens (tertiary/aromatic N) is 2. The van der Waals surface area contributed by atoms with Gasteiger partial charge in [0.1, 0.15) is 11.5 Å². The van der Waals surface area contributed by atoms with Crippen LogP contribution >= 0.6 is 11.6 Å². The molecule has 28 heavy (non-hydrogen) atoms. The van der Waals surface area contributed by atoms with E-state index in [1.807, 2.05) is 19.9 Å². The van der Waals surface area contributed by atoms with Crippen LogP contribution in [0.1, 0.15) is 38.9 Å². The van der Waals surface area contributed by atoms with Gasteiger partial charge in [-0.05, 0) is 62.2 Å². The molecule has 0 radical (unpaired) electrons. The predicted octanol–water partition coefficient (Wildman–Crippen LogP) is 4.95. The molecule has 3 aromatic rings. The number of hydrogen-bond donors (Lipinski definition) is 2. The van der Waals surface area contributed by atoms with Gasteiger partial charge in [0, 0.05) is 11.3 Å². The number of aryl methyl sites for hydroxylation is 2. The summed E-state index contributed by atoms with van der Waals surface area (Å²) in [6.45, 7) is 5.34. The predicted molar refractivity (Wildman–Crippen MR) is 111 cm³/mol. The van der Waals surface area contributed by atoms with Gasteiger partial charge in [0.2, 0.25) is 0 Å². The van der Waals surface area contributed by atoms with Gasteiger partial charge in [-0.1, -0.05) is 17.7 Å². The monoisotopic (exact) mass is 394 g/mol. The van der Waals surface area contributed by atoms with Crippen molar-refractivity contribution in [1.29, 1.82) is 0 Å². The van der Waals surface area contributed by atoms with E-state index in [4.69, 9.17) is 11.6 Å². The third-order valence-electron chi connectivity index (χ3n) is 4.12. The second-order valence-electron chi connectivity index (χ2n) is 6.44. The van der Waals surface area contributed by atoms with Gasteiger partial charge < -0.3 is 10.6 Å². The molecule has 0 unspecified atom stereocenters. The lowest BCUT2D eigenvalue weighted by atomic mass is 10.1. The molecule has 0 fully saturated rings. The number of Topliss-reactive ketones (excluding diaryl/α,β-unsaturated/α-hetero) is 1. The van der Waals surface area contributed by atoms with Gasteiger partial charge in [-0.25, -0.2) is 9.97 Å². The Bertz CT molecular complexity index is 1010. The van der Waals surface area contributed by atoms with Gasteiger partial charge >= 0.3 is 0 Å². The molecule has 3 rings (SSSR count). The lowest BCUT2D eigenvalue weighted by molar-refractivity contribution is 0.101. The van der Waals surface area contributed by atoms with Crippen LogP contribution in [-0.2, 0) is 0 Å². The number of ketones is 1. The molecule has 0 aliphatic carbocycles. The SMILES string of the molecule is CC(=O)c1ccc(Nc2cnc(C(=O)Nc3c(C)cc(C)cc3Cl)cn2)cc1. The molecule has 1 aromatic heterocycles. The highest BCUT2D eigenvalue weighted by molar-refractivity contribution is 6.34. The second kappa shape index (κ2) is 8.19. The van der Waals surface area contributed by atoms with Crippen LogP contribution in [-0.4, -0.2) is 21.7 Å². The van der Waals surface area contributed by atoms with Gasteiger partial charge in [-0.3, -0.25) is 9.59 Å². The molecule has 0 aliphatic rings. The third-order valence-corrected chi connectivity index (χ3v) is 4.42. The summed E-state index contributed by atoms with van der Waals surface area (Å²) >= 11 is 6.23. The van der Waals surface area contributed by atoms with Crippen LogP contribution in [0.4, 0.5) is 17.2 Å². The first-order valence-electron chi connectivity index (χ1n) is 8.61. The number of halogens is 1. The van der Waals surface area contributed by atoms with Crippen molar-refractivity contribution < 1.29 is 9.59 Å². The molecule has 0 spiro atoms. The highest BCUT2D eigenvalue weighted by Gasteiger charge is 2.13. The van der Waals surface area contributed by atoms with Gasteiger partial charge in [-0.15, -0.1) is 0 Å². The van der Waals surface area contributed by atoms with Crippen molar-refractivity contribution in [2.24, 2.45) is 0 Å². The van der Waals surface area contributed by atoms with E-state index in [0.29, 0.717) is 22.1 Å². The Labute approximate surface area is 168 Å². The molecule has 1 amide bonds. The van der Waals surface area contributed by atoms with Crippen molar-refractivity contribution in [1.82, 2.24) is 9.97 Å². The van der Waals surface area contributed by atoms with Crippen molar-refractivity contribution in [2.75, 3.05) is 10.6 Å². The topological polar surface area (TPSA) is 84.0 Å². The Kier molecular flexibility index (Phi) is 5.70. The molecule has 0 saturated carbocycles. The quantitative estimate of drug-likeness (QED) is 0.598. The van der Waals surface area contributed by atoms with Crippen molar-refractivity contribution in [2.45, 2.75) is 20.8 Å². The van der Waals surface area contributed by atoms with Crippen LogP contribution in [0.2, 0.25) is 5.02 Å². The summed E-state index contributed by atoms with van der Waals surface area (Å²) in [5.74, 6) is 0.0982. The molecule has 7 heteroatoms. The fourth-order valence-corrected chi connectivity index (χ4v) is 3.07. The standard InChI is InChI=1S/C21H19ClN4O2/c1-12-8-13(2)20(17(22)9-12)26-21(28)18-10-24-19(11-23-18)25-16-6-4-15(5-7-16)14(3)27/h4-11H,1-3H3,(H,24,25)(H,26,28). The zero-order valence-electron chi connectivity index (χ0n) is 15.7. The summed E-state index contributed by atoms with van der Waals surface area (Å²) < 4.78 is 0. The Morgan fingerprint density at radius 3 is 2.29 bits per heavy atom. The minimum atomic E-state index is -0.390. The van der Waals surface area contributed by atoms with Crippen molar-refractivity contribution in [3.8, 4) is 0 Å². The Balaban J connectivity index is 1.70. The van der Waals surface area contributed by atoms with Crippen LogP contribution in [0, 0.1) is 13.8 Å². The molecule has 6 nitrogen and oxygen atoms in total. The number of nitrogens with one attached hydrogen (secondary N) is 2. The smallest absolute Gasteiger partial charge is 0.275 e. The van der Waals surface area contributed by atoms with Crippen LogP contribution in [0.3, 0.4) is 0 Å². The fourth-order valence-electron chi connectivity index (χ4n) is 2.70. The minimum Gasteiger partial charge on any atom is -0.339 e. The van der Waals surface area contributed by atoms with Gasteiger partial charge in [0.25, 0.3) is 5.91 Å². The van der Waals surface area contributed by atoms with E-state index in [9.17, 15) is 9.59 Å².